The number of hydrogen-bond acceptors (Lipinski definition) is 6. The molecule has 3 rings (SSSR count). The Labute approximate surface area is 149 Å². The maximum Gasteiger partial charge on any atom is 0.135 e. The normalized spacial score (nSPS) is 14.4. The van der Waals surface area contributed by atoms with Crippen molar-refractivity contribution in [3.8, 4) is 0 Å². The molecule has 0 unspecified atom stereocenters. The monoisotopic (exact) mass is 341 g/mol. The topological polar surface area (TPSA) is 62.3 Å². The Morgan fingerprint density at radius 2 is 1.80 bits per heavy atom. The highest BCUT2D eigenvalue weighted by atomic mass is 16.5. The number of benzene rings is 1. The van der Waals surface area contributed by atoms with Crippen molar-refractivity contribution in [2.75, 3.05) is 48.9 Å². The number of piperidine rings is 1. The van der Waals surface area contributed by atoms with Gasteiger partial charge in [0.25, 0.3) is 0 Å². The summed E-state index contributed by atoms with van der Waals surface area (Å²) in [6.45, 7) is 3.90. The number of hydrogen-bond donors (Lipinski definition) is 2. The molecule has 2 N–H and O–H groups in total. The van der Waals surface area contributed by atoms with Crippen LogP contribution in [0.25, 0.3) is 0 Å². The highest BCUT2D eigenvalue weighted by Gasteiger charge is 2.10. The SMILES string of the molecule is COCCCNc1cc(Nc2ccc(N3CCCCC3)cc2)ncn1. The van der Waals surface area contributed by atoms with E-state index in [1.54, 1.807) is 13.4 Å². The summed E-state index contributed by atoms with van der Waals surface area (Å²) in [4.78, 5) is 11.0. The van der Waals surface area contributed by atoms with Crippen LogP contribution in [0.4, 0.5) is 23.0 Å². The summed E-state index contributed by atoms with van der Waals surface area (Å²) in [5.41, 5.74) is 2.33. The van der Waals surface area contributed by atoms with E-state index in [1.165, 1.54) is 24.9 Å². The van der Waals surface area contributed by atoms with Crippen LogP contribution in [-0.4, -0.2) is 43.3 Å². The molecule has 0 bridgehead atoms. The van der Waals surface area contributed by atoms with Crippen LogP contribution in [0, 0.1) is 0 Å². The second-order valence-electron chi connectivity index (χ2n) is 6.28. The lowest BCUT2D eigenvalue weighted by molar-refractivity contribution is 0.198. The molecule has 0 amide bonds. The average Bonchev–Trinajstić information content (AvgIpc) is 2.67. The summed E-state index contributed by atoms with van der Waals surface area (Å²) in [6.07, 6.45) is 6.46. The minimum Gasteiger partial charge on any atom is -0.385 e. The van der Waals surface area contributed by atoms with Gasteiger partial charge in [0.2, 0.25) is 0 Å². The third kappa shape index (κ3) is 5.32. The summed E-state index contributed by atoms with van der Waals surface area (Å²) in [5.74, 6) is 1.61. The molecule has 2 aromatic rings. The van der Waals surface area contributed by atoms with E-state index in [0.29, 0.717) is 0 Å². The van der Waals surface area contributed by atoms with Crippen LogP contribution < -0.4 is 15.5 Å². The van der Waals surface area contributed by atoms with E-state index in [-0.39, 0.29) is 0 Å². The number of ether oxygens (including phenoxy) is 1. The van der Waals surface area contributed by atoms with Gasteiger partial charge in [0.1, 0.15) is 18.0 Å². The zero-order chi connectivity index (χ0) is 17.3. The van der Waals surface area contributed by atoms with Crippen molar-refractivity contribution in [1.29, 1.82) is 0 Å². The van der Waals surface area contributed by atoms with E-state index >= 15 is 0 Å². The van der Waals surface area contributed by atoms with Crippen molar-refractivity contribution in [2.45, 2.75) is 25.7 Å². The van der Waals surface area contributed by atoms with E-state index in [1.807, 2.05) is 6.07 Å². The predicted molar refractivity (Wildman–Crippen MR) is 103 cm³/mol. The van der Waals surface area contributed by atoms with Crippen LogP contribution in [0.1, 0.15) is 25.7 Å². The zero-order valence-corrected chi connectivity index (χ0v) is 14.9. The van der Waals surface area contributed by atoms with Gasteiger partial charge >= 0.3 is 0 Å². The molecule has 6 heteroatoms. The van der Waals surface area contributed by atoms with Crippen molar-refractivity contribution in [3.05, 3.63) is 36.7 Å². The highest BCUT2D eigenvalue weighted by molar-refractivity contribution is 5.62. The molecule has 25 heavy (non-hydrogen) atoms. The molecule has 0 saturated carbocycles. The predicted octanol–water partition coefficient (Wildman–Crippen LogP) is 3.66. The van der Waals surface area contributed by atoms with Gasteiger partial charge in [0.15, 0.2) is 0 Å². The number of aromatic nitrogens is 2. The minimum atomic E-state index is 0.743. The van der Waals surface area contributed by atoms with Crippen LogP contribution in [-0.2, 0) is 4.74 Å². The first-order chi connectivity index (χ1) is 12.3. The fraction of sp³-hybridized carbons (Fsp3) is 0.474. The zero-order valence-electron chi connectivity index (χ0n) is 14.9. The van der Waals surface area contributed by atoms with Crippen LogP contribution in [0.5, 0.6) is 0 Å². The largest absolute Gasteiger partial charge is 0.385 e. The molecule has 0 spiro atoms. The van der Waals surface area contributed by atoms with Crippen LogP contribution in [0.15, 0.2) is 36.7 Å². The molecule has 6 nitrogen and oxygen atoms in total. The summed E-state index contributed by atoms with van der Waals surface area (Å²) in [5, 5.41) is 6.62. The lowest BCUT2D eigenvalue weighted by atomic mass is 10.1. The molecular weight excluding hydrogens is 314 g/mol. The molecule has 1 aliphatic rings. The Hall–Kier alpha value is -2.34. The number of rotatable bonds is 8. The fourth-order valence-corrected chi connectivity index (χ4v) is 3.01. The third-order valence-corrected chi connectivity index (χ3v) is 4.36. The minimum absolute atomic E-state index is 0.743. The van der Waals surface area contributed by atoms with E-state index in [2.05, 4.69) is 49.8 Å². The highest BCUT2D eigenvalue weighted by Crippen LogP contribution is 2.23. The van der Waals surface area contributed by atoms with Gasteiger partial charge in [-0.3, -0.25) is 0 Å². The van der Waals surface area contributed by atoms with Crippen molar-refractivity contribution in [2.24, 2.45) is 0 Å². The van der Waals surface area contributed by atoms with Crippen LogP contribution in [0.2, 0.25) is 0 Å². The Morgan fingerprint density at radius 3 is 2.56 bits per heavy atom. The summed E-state index contributed by atoms with van der Waals surface area (Å²) < 4.78 is 5.05. The second-order valence-corrected chi connectivity index (χ2v) is 6.28. The molecule has 1 aromatic carbocycles. The summed E-state index contributed by atoms with van der Waals surface area (Å²) in [6, 6.07) is 10.5. The lowest BCUT2D eigenvalue weighted by Gasteiger charge is -2.28. The maximum atomic E-state index is 5.05. The van der Waals surface area contributed by atoms with Crippen LogP contribution in [0.3, 0.4) is 0 Å². The number of methoxy groups -OCH3 is 1. The standard InChI is InChI=1S/C19H27N5O/c1-25-13-5-10-20-18-14-19(22-15-21-18)23-16-6-8-17(9-7-16)24-11-3-2-4-12-24/h6-9,14-15H,2-5,10-13H2,1H3,(H2,20,21,22,23). The fourth-order valence-electron chi connectivity index (χ4n) is 3.01. The van der Waals surface area contributed by atoms with Crippen molar-refractivity contribution in [1.82, 2.24) is 9.97 Å². The van der Waals surface area contributed by atoms with E-state index in [9.17, 15) is 0 Å². The maximum absolute atomic E-state index is 5.05. The second kappa shape index (κ2) is 9.22. The van der Waals surface area contributed by atoms with Crippen LogP contribution >= 0.6 is 0 Å². The van der Waals surface area contributed by atoms with Gasteiger partial charge in [-0.2, -0.15) is 0 Å². The first kappa shape index (κ1) is 17.5. The molecule has 1 saturated heterocycles. The number of nitrogens with one attached hydrogen (secondary N) is 2. The molecule has 0 radical (unpaired) electrons. The number of nitrogens with zero attached hydrogens (tertiary/aromatic N) is 3. The Bertz CT molecular complexity index is 641. The van der Waals surface area contributed by atoms with Gasteiger partial charge in [-0.05, 0) is 49.9 Å². The molecular formula is C19H27N5O. The quantitative estimate of drug-likeness (QED) is 0.715. The van der Waals surface area contributed by atoms with E-state index in [4.69, 9.17) is 4.74 Å². The molecule has 1 fully saturated rings. The molecule has 0 atom stereocenters. The summed E-state index contributed by atoms with van der Waals surface area (Å²) in [7, 11) is 1.71. The first-order valence-electron chi connectivity index (χ1n) is 9.02. The Morgan fingerprint density at radius 1 is 1.04 bits per heavy atom. The van der Waals surface area contributed by atoms with Crippen molar-refractivity contribution in [3.63, 3.8) is 0 Å². The molecule has 1 aliphatic heterocycles. The Balaban J connectivity index is 1.56. The smallest absolute Gasteiger partial charge is 0.135 e. The van der Waals surface area contributed by atoms with E-state index < -0.39 is 0 Å². The van der Waals surface area contributed by atoms with Crippen molar-refractivity contribution < 1.29 is 4.74 Å². The first-order valence-corrected chi connectivity index (χ1v) is 9.02. The van der Waals surface area contributed by atoms with Crippen molar-refractivity contribution >= 4 is 23.0 Å². The molecule has 134 valence electrons. The van der Waals surface area contributed by atoms with Gasteiger partial charge in [-0.15, -0.1) is 0 Å². The van der Waals surface area contributed by atoms with E-state index in [0.717, 1.165) is 50.0 Å². The number of anilines is 4. The van der Waals surface area contributed by atoms with Gasteiger partial charge in [0, 0.05) is 50.8 Å². The average molecular weight is 341 g/mol. The van der Waals surface area contributed by atoms with Gasteiger partial charge in [0.05, 0.1) is 0 Å². The molecule has 0 aliphatic carbocycles. The summed E-state index contributed by atoms with van der Waals surface area (Å²) >= 11 is 0. The lowest BCUT2D eigenvalue weighted by Crippen LogP contribution is -2.29. The van der Waals surface area contributed by atoms with Gasteiger partial charge in [-0.1, -0.05) is 0 Å². The van der Waals surface area contributed by atoms with Gasteiger partial charge in [-0.25, -0.2) is 9.97 Å². The molecule has 2 heterocycles. The Kier molecular flexibility index (Phi) is 6.45. The third-order valence-electron chi connectivity index (χ3n) is 4.36. The molecule has 1 aromatic heterocycles. The van der Waals surface area contributed by atoms with Gasteiger partial charge < -0.3 is 20.3 Å².